The summed E-state index contributed by atoms with van der Waals surface area (Å²) in [5.74, 6) is -0.761. The number of esters is 1. The number of halogens is 4. The van der Waals surface area contributed by atoms with E-state index in [1.807, 2.05) is 0 Å². The Hall–Kier alpha value is -0.750. The minimum atomic E-state index is -2.77. The molecule has 0 N–H and O–H groups in total. The van der Waals surface area contributed by atoms with Crippen molar-refractivity contribution >= 4 is 33.5 Å². The molecule has 1 heterocycles. The molecular formula is C10H9BrClF2NO2. The molecule has 0 bridgehead atoms. The minimum absolute atomic E-state index is 0.00722. The van der Waals surface area contributed by atoms with Gasteiger partial charge in [-0.15, -0.1) is 11.6 Å². The highest BCUT2D eigenvalue weighted by Crippen LogP contribution is 2.27. The lowest BCUT2D eigenvalue weighted by Gasteiger charge is -2.09. The van der Waals surface area contributed by atoms with E-state index in [0.29, 0.717) is 0 Å². The first kappa shape index (κ1) is 14.3. The molecule has 0 aliphatic carbocycles. The summed E-state index contributed by atoms with van der Waals surface area (Å²) in [6.45, 7) is 1.79. The number of alkyl halides is 3. The van der Waals surface area contributed by atoms with E-state index in [4.69, 9.17) is 16.3 Å². The molecule has 1 aromatic heterocycles. The molecule has 0 saturated heterocycles. The number of ether oxygens (including phenoxy) is 1. The van der Waals surface area contributed by atoms with Crippen LogP contribution >= 0.6 is 27.5 Å². The molecule has 0 unspecified atom stereocenters. The van der Waals surface area contributed by atoms with E-state index in [-0.39, 0.29) is 28.2 Å². The number of rotatable bonds is 4. The molecular weight excluding hydrogens is 319 g/mol. The van der Waals surface area contributed by atoms with Crippen LogP contribution in [0.4, 0.5) is 8.78 Å². The number of carbonyl (C=O) groups is 1. The average molecular weight is 329 g/mol. The van der Waals surface area contributed by atoms with E-state index in [1.54, 1.807) is 6.92 Å². The van der Waals surface area contributed by atoms with Gasteiger partial charge in [-0.25, -0.2) is 18.6 Å². The van der Waals surface area contributed by atoms with Gasteiger partial charge in [-0.3, -0.25) is 0 Å². The average Bonchev–Trinajstić information content (AvgIpc) is 2.29. The van der Waals surface area contributed by atoms with Crippen molar-refractivity contribution in [3.05, 3.63) is 27.5 Å². The summed E-state index contributed by atoms with van der Waals surface area (Å²) in [6.07, 6.45) is -2.77. The van der Waals surface area contributed by atoms with E-state index in [2.05, 4.69) is 20.9 Å². The van der Waals surface area contributed by atoms with Gasteiger partial charge in [-0.1, -0.05) is 0 Å². The Kier molecular flexibility index (Phi) is 5.27. The van der Waals surface area contributed by atoms with Crippen LogP contribution in [0.1, 0.15) is 35.1 Å². The van der Waals surface area contributed by atoms with E-state index < -0.39 is 18.1 Å². The fourth-order valence-corrected chi connectivity index (χ4v) is 2.02. The van der Waals surface area contributed by atoms with Crippen LogP contribution in [0.5, 0.6) is 0 Å². The van der Waals surface area contributed by atoms with Crippen molar-refractivity contribution in [3.8, 4) is 0 Å². The van der Waals surface area contributed by atoms with Gasteiger partial charge in [0.15, 0.2) is 0 Å². The zero-order chi connectivity index (χ0) is 13.0. The Bertz CT molecular complexity index is 429. The Balaban J connectivity index is 3.27. The summed E-state index contributed by atoms with van der Waals surface area (Å²) in [5.41, 5.74) is -0.299. The van der Waals surface area contributed by atoms with Crippen LogP contribution in [0.2, 0.25) is 0 Å². The Morgan fingerprint density at radius 3 is 2.76 bits per heavy atom. The maximum Gasteiger partial charge on any atom is 0.339 e. The smallest absolute Gasteiger partial charge is 0.339 e. The number of hydrogen-bond donors (Lipinski definition) is 0. The van der Waals surface area contributed by atoms with E-state index in [0.717, 1.165) is 6.07 Å². The van der Waals surface area contributed by atoms with Crippen molar-refractivity contribution in [3.63, 3.8) is 0 Å². The second-order valence-corrected chi connectivity index (χ2v) is 4.07. The highest BCUT2D eigenvalue weighted by atomic mass is 79.9. The first-order chi connectivity index (χ1) is 8.01. The molecule has 0 aromatic carbocycles. The van der Waals surface area contributed by atoms with Gasteiger partial charge in [-0.05, 0) is 28.9 Å². The molecule has 17 heavy (non-hydrogen) atoms. The van der Waals surface area contributed by atoms with Crippen LogP contribution in [0.3, 0.4) is 0 Å². The highest BCUT2D eigenvalue weighted by Gasteiger charge is 2.20. The van der Waals surface area contributed by atoms with Gasteiger partial charge in [0.25, 0.3) is 6.43 Å². The van der Waals surface area contributed by atoms with Crippen molar-refractivity contribution in [2.24, 2.45) is 0 Å². The van der Waals surface area contributed by atoms with Gasteiger partial charge in [0, 0.05) is 0 Å². The fourth-order valence-electron chi connectivity index (χ4n) is 1.16. The number of carbonyl (C=O) groups excluding carboxylic acids is 1. The van der Waals surface area contributed by atoms with Crippen LogP contribution in [0.15, 0.2) is 10.5 Å². The molecule has 0 amide bonds. The lowest BCUT2D eigenvalue weighted by atomic mass is 10.2. The summed E-state index contributed by atoms with van der Waals surface area (Å²) in [4.78, 5) is 15.2. The predicted octanol–water partition coefficient (Wildman–Crippen LogP) is 3.70. The van der Waals surface area contributed by atoms with E-state index in [1.165, 1.54) is 0 Å². The Morgan fingerprint density at radius 2 is 2.29 bits per heavy atom. The van der Waals surface area contributed by atoms with Crippen molar-refractivity contribution in [2.75, 3.05) is 6.61 Å². The lowest BCUT2D eigenvalue weighted by Crippen LogP contribution is -2.09. The third kappa shape index (κ3) is 3.35. The monoisotopic (exact) mass is 327 g/mol. The molecule has 0 atom stereocenters. The van der Waals surface area contributed by atoms with Crippen LogP contribution in [-0.2, 0) is 10.6 Å². The summed E-state index contributed by atoms with van der Waals surface area (Å²) in [5, 5.41) is 0. The maximum absolute atomic E-state index is 12.6. The Morgan fingerprint density at radius 1 is 1.65 bits per heavy atom. The third-order valence-corrected chi connectivity index (χ3v) is 3.03. The van der Waals surface area contributed by atoms with Gasteiger partial charge in [0.2, 0.25) is 0 Å². The molecule has 0 saturated carbocycles. The zero-order valence-corrected chi connectivity index (χ0v) is 11.2. The molecule has 3 nitrogen and oxygen atoms in total. The summed E-state index contributed by atoms with van der Waals surface area (Å²) in [6, 6.07) is 1.00. The Labute approximate surface area is 110 Å². The van der Waals surface area contributed by atoms with Gasteiger partial charge in [0.05, 0.1) is 28.2 Å². The van der Waals surface area contributed by atoms with Gasteiger partial charge < -0.3 is 4.74 Å². The third-order valence-electron chi connectivity index (χ3n) is 1.89. The minimum Gasteiger partial charge on any atom is -0.462 e. The largest absolute Gasteiger partial charge is 0.462 e. The van der Waals surface area contributed by atoms with Crippen molar-refractivity contribution in [1.29, 1.82) is 0 Å². The lowest BCUT2D eigenvalue weighted by molar-refractivity contribution is 0.0524. The summed E-state index contributed by atoms with van der Waals surface area (Å²) >= 11 is 8.68. The molecule has 7 heteroatoms. The quantitative estimate of drug-likeness (QED) is 0.625. The zero-order valence-electron chi connectivity index (χ0n) is 8.84. The van der Waals surface area contributed by atoms with Gasteiger partial charge in [-0.2, -0.15) is 0 Å². The molecule has 0 spiro atoms. The van der Waals surface area contributed by atoms with Gasteiger partial charge >= 0.3 is 5.97 Å². The van der Waals surface area contributed by atoms with Crippen LogP contribution < -0.4 is 0 Å². The first-order valence-corrected chi connectivity index (χ1v) is 6.04. The molecule has 1 rings (SSSR count). The number of hydrogen-bond acceptors (Lipinski definition) is 3. The number of pyridine rings is 1. The molecule has 0 aliphatic rings. The second-order valence-electron chi connectivity index (χ2n) is 3.01. The van der Waals surface area contributed by atoms with Crippen molar-refractivity contribution < 1.29 is 18.3 Å². The second kappa shape index (κ2) is 6.26. The normalized spacial score (nSPS) is 10.7. The maximum atomic E-state index is 12.6. The summed E-state index contributed by atoms with van der Waals surface area (Å²) < 4.78 is 30.2. The number of nitrogens with zero attached hydrogens (tertiary/aromatic N) is 1. The molecule has 0 aliphatic heterocycles. The molecule has 1 aromatic rings. The van der Waals surface area contributed by atoms with Gasteiger partial charge in [0.1, 0.15) is 5.69 Å². The van der Waals surface area contributed by atoms with Crippen LogP contribution in [-0.4, -0.2) is 17.6 Å². The molecule has 94 valence electrons. The van der Waals surface area contributed by atoms with Crippen molar-refractivity contribution in [2.45, 2.75) is 19.2 Å². The van der Waals surface area contributed by atoms with Crippen molar-refractivity contribution in [1.82, 2.24) is 4.98 Å². The van der Waals surface area contributed by atoms with E-state index in [9.17, 15) is 13.6 Å². The van der Waals surface area contributed by atoms with E-state index >= 15 is 0 Å². The fraction of sp³-hybridized carbons (Fsp3) is 0.400. The first-order valence-electron chi connectivity index (χ1n) is 4.71. The predicted molar refractivity (Wildman–Crippen MR) is 62.4 cm³/mol. The topological polar surface area (TPSA) is 39.2 Å². The number of aromatic nitrogens is 1. The highest BCUT2D eigenvalue weighted by molar-refractivity contribution is 9.10. The van der Waals surface area contributed by atoms with Crippen LogP contribution in [0, 0.1) is 0 Å². The molecule has 0 radical (unpaired) electrons. The SMILES string of the molecule is CCOC(=O)c1cc(C(F)F)nc(CCl)c1Br. The summed E-state index contributed by atoms with van der Waals surface area (Å²) in [7, 11) is 0. The standard InChI is InChI=1S/C10H9BrClF2NO2/c1-2-17-10(16)5-3-6(9(13)14)15-7(4-12)8(5)11/h3,9H,2,4H2,1H3. The van der Waals surface area contributed by atoms with Crippen LogP contribution in [0.25, 0.3) is 0 Å². The molecule has 0 fully saturated rings.